The molecule has 1 unspecified atom stereocenters. The monoisotopic (exact) mass is 284 g/mol. The van der Waals surface area contributed by atoms with Crippen LogP contribution in [-0.4, -0.2) is 11.2 Å². The zero-order valence-corrected chi connectivity index (χ0v) is 10.1. The number of nitrogens with two attached hydrogens (primary N) is 1. The minimum absolute atomic E-state index is 0. The molecule has 1 aromatic carbocycles. The molecular weight excluding hydrogens is 273 g/mol. The van der Waals surface area contributed by atoms with Crippen molar-refractivity contribution in [2.24, 2.45) is 5.73 Å². The van der Waals surface area contributed by atoms with Crippen molar-refractivity contribution in [2.75, 3.05) is 5.32 Å². The zero-order chi connectivity index (χ0) is 13.2. The molecule has 4 N–H and O–H groups in total. The third-order valence-electron chi connectivity index (χ3n) is 2.06. The van der Waals surface area contributed by atoms with Gasteiger partial charge in [-0.1, -0.05) is 0 Å². The third-order valence-corrected chi connectivity index (χ3v) is 2.06. The van der Waals surface area contributed by atoms with Gasteiger partial charge in [-0.3, -0.25) is 5.32 Å². The first-order valence-corrected chi connectivity index (χ1v) is 4.68. The smallest absolute Gasteiger partial charge is 0.416 e. The molecule has 0 saturated heterocycles. The quantitative estimate of drug-likeness (QED) is 0.780. The summed E-state index contributed by atoms with van der Waals surface area (Å²) in [4.78, 5) is 10.4. The van der Waals surface area contributed by atoms with Crippen molar-refractivity contribution in [3.8, 4) is 0 Å². The Morgan fingerprint density at radius 3 is 2.33 bits per heavy atom. The van der Waals surface area contributed by atoms with Crippen LogP contribution in [0.1, 0.15) is 24.1 Å². The Morgan fingerprint density at radius 1 is 1.39 bits per heavy atom. The Hall–Kier alpha value is -1.47. The van der Waals surface area contributed by atoms with Crippen molar-refractivity contribution in [2.45, 2.75) is 19.1 Å². The molecule has 0 aliphatic heterocycles. The van der Waals surface area contributed by atoms with Gasteiger partial charge in [0.1, 0.15) is 0 Å². The van der Waals surface area contributed by atoms with E-state index in [1.165, 1.54) is 13.0 Å². The van der Waals surface area contributed by atoms with E-state index >= 15 is 0 Å². The van der Waals surface area contributed by atoms with Gasteiger partial charge in [0.05, 0.1) is 5.56 Å². The Kier molecular flexibility index (Phi) is 5.44. The first-order valence-electron chi connectivity index (χ1n) is 4.68. The highest BCUT2D eigenvalue weighted by atomic mass is 35.5. The van der Waals surface area contributed by atoms with Gasteiger partial charge < -0.3 is 10.8 Å². The van der Waals surface area contributed by atoms with Gasteiger partial charge in [-0.05, 0) is 30.7 Å². The summed E-state index contributed by atoms with van der Waals surface area (Å²) in [5.41, 5.74) is 4.61. The number of hydrogen-bond acceptors (Lipinski definition) is 2. The minimum atomic E-state index is -4.54. The van der Waals surface area contributed by atoms with Crippen molar-refractivity contribution in [1.29, 1.82) is 0 Å². The average molecular weight is 285 g/mol. The summed E-state index contributed by atoms with van der Waals surface area (Å²) in [6, 6.07) is 2.28. The van der Waals surface area contributed by atoms with E-state index in [0.29, 0.717) is 0 Å². The Labute approximate surface area is 107 Å². The fraction of sp³-hybridized carbons (Fsp3) is 0.300. The molecule has 0 heterocycles. The first kappa shape index (κ1) is 16.5. The number of carboxylic acid groups (broad SMARTS) is 1. The molecule has 0 aliphatic carbocycles. The number of carbonyl (C=O) groups is 1. The van der Waals surface area contributed by atoms with Crippen molar-refractivity contribution in [3.05, 3.63) is 29.3 Å². The van der Waals surface area contributed by atoms with Crippen molar-refractivity contribution in [1.82, 2.24) is 0 Å². The molecule has 0 aliphatic rings. The van der Waals surface area contributed by atoms with E-state index in [4.69, 9.17) is 10.8 Å². The number of anilines is 1. The summed E-state index contributed by atoms with van der Waals surface area (Å²) in [6.45, 7) is 1.51. The van der Waals surface area contributed by atoms with Gasteiger partial charge >= 0.3 is 12.3 Å². The Bertz CT molecular complexity index is 436. The lowest BCUT2D eigenvalue weighted by Gasteiger charge is -2.13. The molecule has 8 heteroatoms. The molecule has 0 fully saturated rings. The summed E-state index contributed by atoms with van der Waals surface area (Å²) in [7, 11) is 0. The molecule has 18 heavy (non-hydrogen) atoms. The van der Waals surface area contributed by atoms with E-state index in [-0.39, 0.29) is 23.7 Å². The SMILES string of the molecule is CC(N)c1cc(NC(=O)O)cc(C(F)(F)F)c1.Cl. The molecule has 1 rings (SSSR count). The lowest BCUT2D eigenvalue weighted by Crippen LogP contribution is -2.13. The molecular formula is C10H12ClF3N2O2. The van der Waals surface area contributed by atoms with Crippen LogP contribution in [0.5, 0.6) is 0 Å². The Morgan fingerprint density at radius 2 is 1.94 bits per heavy atom. The molecule has 0 saturated carbocycles. The Balaban J connectivity index is 0.00000289. The lowest BCUT2D eigenvalue weighted by molar-refractivity contribution is -0.137. The van der Waals surface area contributed by atoms with Crippen molar-refractivity contribution < 1.29 is 23.1 Å². The second-order valence-corrected chi connectivity index (χ2v) is 3.56. The lowest BCUT2D eigenvalue weighted by atomic mass is 10.0. The third kappa shape index (κ3) is 4.42. The molecule has 0 aromatic heterocycles. The molecule has 1 aromatic rings. The molecule has 0 spiro atoms. The van der Waals surface area contributed by atoms with Crippen LogP contribution >= 0.6 is 12.4 Å². The van der Waals surface area contributed by atoms with E-state index in [1.807, 2.05) is 5.32 Å². The van der Waals surface area contributed by atoms with Crippen LogP contribution < -0.4 is 11.1 Å². The van der Waals surface area contributed by atoms with E-state index in [9.17, 15) is 18.0 Å². The summed E-state index contributed by atoms with van der Waals surface area (Å²) in [5, 5.41) is 10.3. The van der Waals surface area contributed by atoms with Gasteiger partial charge in [-0.15, -0.1) is 12.4 Å². The van der Waals surface area contributed by atoms with Gasteiger partial charge in [0.25, 0.3) is 0 Å². The van der Waals surface area contributed by atoms with Gasteiger partial charge in [-0.25, -0.2) is 4.79 Å². The van der Waals surface area contributed by atoms with Gasteiger partial charge in [0, 0.05) is 11.7 Å². The predicted octanol–water partition coefficient (Wildman–Crippen LogP) is 3.24. The average Bonchev–Trinajstić information content (AvgIpc) is 2.14. The highest BCUT2D eigenvalue weighted by Crippen LogP contribution is 2.33. The van der Waals surface area contributed by atoms with Crippen LogP contribution in [0, 0.1) is 0 Å². The highest BCUT2D eigenvalue weighted by molar-refractivity contribution is 5.85. The predicted molar refractivity (Wildman–Crippen MR) is 62.9 cm³/mol. The van der Waals surface area contributed by atoms with Gasteiger partial charge in [0.2, 0.25) is 0 Å². The molecule has 1 amide bonds. The second kappa shape index (κ2) is 5.92. The van der Waals surface area contributed by atoms with Crippen LogP contribution in [0.15, 0.2) is 18.2 Å². The summed E-state index contributed by atoms with van der Waals surface area (Å²) in [6.07, 6.45) is -5.97. The molecule has 0 radical (unpaired) electrons. The number of hydrogen-bond donors (Lipinski definition) is 3. The van der Waals surface area contributed by atoms with Crippen LogP contribution in [0.4, 0.5) is 23.7 Å². The number of rotatable bonds is 2. The maximum absolute atomic E-state index is 12.5. The maximum atomic E-state index is 12.5. The van der Waals surface area contributed by atoms with Crippen LogP contribution in [0.2, 0.25) is 0 Å². The number of alkyl halides is 3. The van der Waals surface area contributed by atoms with Crippen molar-refractivity contribution in [3.63, 3.8) is 0 Å². The topological polar surface area (TPSA) is 75.3 Å². The van der Waals surface area contributed by atoms with E-state index in [2.05, 4.69) is 0 Å². The molecule has 0 bridgehead atoms. The summed E-state index contributed by atoms with van der Waals surface area (Å²) >= 11 is 0. The first-order chi connectivity index (χ1) is 7.70. The number of benzene rings is 1. The number of amides is 1. The zero-order valence-electron chi connectivity index (χ0n) is 9.28. The molecule has 102 valence electrons. The largest absolute Gasteiger partial charge is 0.465 e. The van der Waals surface area contributed by atoms with Gasteiger partial charge in [0.15, 0.2) is 0 Å². The highest BCUT2D eigenvalue weighted by Gasteiger charge is 2.31. The van der Waals surface area contributed by atoms with E-state index < -0.39 is 23.9 Å². The van der Waals surface area contributed by atoms with Crippen LogP contribution in [0.3, 0.4) is 0 Å². The molecule has 1 atom stereocenters. The molecule has 4 nitrogen and oxygen atoms in total. The van der Waals surface area contributed by atoms with Gasteiger partial charge in [-0.2, -0.15) is 13.2 Å². The van der Waals surface area contributed by atoms with Crippen LogP contribution in [-0.2, 0) is 6.18 Å². The summed E-state index contributed by atoms with van der Waals surface area (Å²) < 4.78 is 37.6. The number of halogens is 4. The van der Waals surface area contributed by atoms with Crippen LogP contribution in [0.25, 0.3) is 0 Å². The fourth-order valence-electron chi connectivity index (χ4n) is 1.27. The normalized spacial score (nSPS) is 12.5. The maximum Gasteiger partial charge on any atom is 0.416 e. The van der Waals surface area contributed by atoms with E-state index in [0.717, 1.165) is 12.1 Å². The number of nitrogens with one attached hydrogen (secondary N) is 1. The van der Waals surface area contributed by atoms with E-state index in [1.54, 1.807) is 0 Å². The standard InChI is InChI=1S/C10H11F3N2O2.ClH/c1-5(14)6-2-7(10(11,12)13)4-8(3-6)15-9(16)17;/h2-5,15H,14H2,1H3,(H,16,17);1H. The summed E-state index contributed by atoms with van der Waals surface area (Å²) in [5.74, 6) is 0. The second-order valence-electron chi connectivity index (χ2n) is 3.56. The minimum Gasteiger partial charge on any atom is -0.465 e. The fourth-order valence-corrected chi connectivity index (χ4v) is 1.27. The van der Waals surface area contributed by atoms with Crippen molar-refractivity contribution >= 4 is 24.2 Å².